The van der Waals surface area contributed by atoms with Crippen LogP contribution in [0.4, 0.5) is 0 Å². The number of hydrogen-bond donors (Lipinski definition) is 0. The van der Waals surface area contributed by atoms with Crippen LogP contribution in [0.15, 0.2) is 47.1 Å². The maximum atomic E-state index is 5.65. The molecule has 15 heavy (non-hydrogen) atoms. The molecule has 1 aromatic carbocycles. The van der Waals surface area contributed by atoms with Crippen LogP contribution in [-0.2, 0) is 4.74 Å². The Bertz CT molecular complexity index is 332. The van der Waals surface area contributed by atoms with Crippen LogP contribution in [0, 0.1) is 0 Å². The molecular formula is C13H16OS. The van der Waals surface area contributed by atoms with Gasteiger partial charge < -0.3 is 4.74 Å². The lowest BCUT2D eigenvalue weighted by Gasteiger charge is -2.20. The molecule has 1 aliphatic rings. The summed E-state index contributed by atoms with van der Waals surface area (Å²) in [4.78, 5) is 1.31. The van der Waals surface area contributed by atoms with Crippen molar-refractivity contribution < 1.29 is 4.74 Å². The fraction of sp³-hybridized carbons (Fsp3) is 0.385. The molecule has 0 radical (unpaired) electrons. The highest BCUT2D eigenvalue weighted by Crippen LogP contribution is 2.29. The summed E-state index contributed by atoms with van der Waals surface area (Å²) in [7, 11) is 0. The molecule has 1 aromatic rings. The van der Waals surface area contributed by atoms with E-state index in [0.29, 0.717) is 5.25 Å². The molecule has 0 fully saturated rings. The van der Waals surface area contributed by atoms with Crippen molar-refractivity contribution in [2.24, 2.45) is 0 Å². The lowest BCUT2D eigenvalue weighted by atomic mass is 10.2. The van der Waals surface area contributed by atoms with Crippen molar-refractivity contribution >= 4 is 11.8 Å². The molecule has 0 amide bonds. The van der Waals surface area contributed by atoms with Crippen LogP contribution in [0.1, 0.15) is 19.8 Å². The standard InChI is InChI=1S/C13H16OS/c1-11(13-9-5-6-10-14-13)15-12-7-3-2-4-8-12/h2-4,7-9,11H,5-6,10H2,1H3/t11-/m0/s1. The van der Waals surface area contributed by atoms with E-state index in [-0.39, 0.29) is 0 Å². The van der Waals surface area contributed by atoms with Gasteiger partial charge in [-0.3, -0.25) is 0 Å². The Labute approximate surface area is 95.5 Å². The van der Waals surface area contributed by atoms with Gasteiger partial charge in [-0.15, -0.1) is 11.8 Å². The summed E-state index contributed by atoms with van der Waals surface area (Å²) in [6.45, 7) is 3.08. The first-order valence-corrected chi connectivity index (χ1v) is 6.29. The van der Waals surface area contributed by atoms with Crippen LogP contribution >= 0.6 is 11.8 Å². The Kier molecular flexibility index (Phi) is 3.73. The van der Waals surface area contributed by atoms with E-state index >= 15 is 0 Å². The highest BCUT2D eigenvalue weighted by molar-refractivity contribution is 8.00. The summed E-state index contributed by atoms with van der Waals surface area (Å²) in [6.07, 6.45) is 4.55. The highest BCUT2D eigenvalue weighted by Gasteiger charge is 2.13. The molecule has 0 aromatic heterocycles. The SMILES string of the molecule is C[C@H](Sc1ccccc1)C1=CCCCO1. The highest BCUT2D eigenvalue weighted by atomic mass is 32.2. The van der Waals surface area contributed by atoms with Crippen LogP contribution in [-0.4, -0.2) is 11.9 Å². The number of allylic oxidation sites excluding steroid dienone is 1. The average molecular weight is 220 g/mol. The second kappa shape index (κ2) is 5.26. The summed E-state index contributed by atoms with van der Waals surface area (Å²) >= 11 is 1.86. The summed E-state index contributed by atoms with van der Waals surface area (Å²) in [6, 6.07) is 10.5. The van der Waals surface area contributed by atoms with E-state index < -0.39 is 0 Å². The van der Waals surface area contributed by atoms with Crippen molar-refractivity contribution in [2.75, 3.05) is 6.61 Å². The Morgan fingerprint density at radius 1 is 1.27 bits per heavy atom. The van der Waals surface area contributed by atoms with Gasteiger partial charge in [-0.25, -0.2) is 0 Å². The van der Waals surface area contributed by atoms with E-state index in [0.717, 1.165) is 25.2 Å². The summed E-state index contributed by atoms with van der Waals surface area (Å²) in [5.74, 6) is 1.15. The van der Waals surface area contributed by atoms with Crippen LogP contribution in [0.5, 0.6) is 0 Å². The molecule has 2 rings (SSSR count). The second-order valence-corrected chi connectivity index (χ2v) is 5.08. The summed E-state index contributed by atoms with van der Waals surface area (Å²) in [5, 5.41) is 0.424. The Morgan fingerprint density at radius 3 is 2.73 bits per heavy atom. The molecule has 0 aliphatic carbocycles. The van der Waals surface area contributed by atoms with E-state index in [9.17, 15) is 0 Å². The fourth-order valence-corrected chi connectivity index (χ4v) is 2.62. The number of thioether (sulfide) groups is 1. The molecule has 1 nitrogen and oxygen atoms in total. The van der Waals surface area contributed by atoms with E-state index in [1.54, 1.807) is 0 Å². The van der Waals surface area contributed by atoms with Crippen LogP contribution < -0.4 is 0 Å². The van der Waals surface area contributed by atoms with Gasteiger partial charge in [0.2, 0.25) is 0 Å². The van der Waals surface area contributed by atoms with Crippen molar-refractivity contribution in [3.05, 3.63) is 42.2 Å². The molecule has 0 spiro atoms. The van der Waals surface area contributed by atoms with Crippen molar-refractivity contribution in [3.8, 4) is 0 Å². The quantitative estimate of drug-likeness (QED) is 0.715. The first-order valence-electron chi connectivity index (χ1n) is 5.41. The molecule has 0 N–H and O–H groups in total. The van der Waals surface area contributed by atoms with E-state index in [1.807, 2.05) is 17.8 Å². The monoisotopic (exact) mass is 220 g/mol. The molecule has 1 aliphatic heterocycles. The number of ether oxygens (including phenoxy) is 1. The van der Waals surface area contributed by atoms with Crippen molar-refractivity contribution in [2.45, 2.75) is 29.9 Å². The first kappa shape index (κ1) is 10.6. The van der Waals surface area contributed by atoms with Gasteiger partial charge in [0, 0.05) is 4.90 Å². The zero-order chi connectivity index (χ0) is 10.5. The number of rotatable bonds is 3. The van der Waals surface area contributed by atoms with Crippen molar-refractivity contribution in [3.63, 3.8) is 0 Å². The molecule has 80 valence electrons. The maximum Gasteiger partial charge on any atom is 0.105 e. The Hall–Kier alpha value is -0.890. The molecule has 2 heteroatoms. The van der Waals surface area contributed by atoms with Gasteiger partial charge in [0.25, 0.3) is 0 Å². The molecule has 0 saturated heterocycles. The summed E-state index contributed by atoms with van der Waals surface area (Å²) in [5.41, 5.74) is 0. The predicted molar refractivity (Wildman–Crippen MR) is 65.0 cm³/mol. The largest absolute Gasteiger partial charge is 0.497 e. The third kappa shape index (κ3) is 3.03. The van der Waals surface area contributed by atoms with Gasteiger partial charge in [0.05, 0.1) is 11.9 Å². The van der Waals surface area contributed by atoms with Crippen LogP contribution in [0.25, 0.3) is 0 Å². The normalized spacial score (nSPS) is 17.8. The van der Waals surface area contributed by atoms with Crippen molar-refractivity contribution in [1.29, 1.82) is 0 Å². The zero-order valence-electron chi connectivity index (χ0n) is 8.98. The fourth-order valence-electron chi connectivity index (χ4n) is 1.62. The molecule has 1 atom stereocenters. The van der Waals surface area contributed by atoms with Gasteiger partial charge in [0.15, 0.2) is 0 Å². The van der Waals surface area contributed by atoms with Crippen LogP contribution in [0.2, 0.25) is 0 Å². The molecular weight excluding hydrogens is 204 g/mol. The lowest BCUT2D eigenvalue weighted by Crippen LogP contribution is -2.10. The smallest absolute Gasteiger partial charge is 0.105 e. The molecule has 0 bridgehead atoms. The minimum absolute atomic E-state index is 0.424. The Balaban J connectivity index is 1.97. The minimum Gasteiger partial charge on any atom is -0.497 e. The number of hydrogen-bond acceptors (Lipinski definition) is 2. The summed E-state index contributed by atoms with van der Waals surface area (Å²) < 4.78 is 5.65. The zero-order valence-corrected chi connectivity index (χ0v) is 9.80. The second-order valence-electron chi connectivity index (χ2n) is 3.67. The molecule has 1 heterocycles. The lowest BCUT2D eigenvalue weighted by molar-refractivity contribution is 0.188. The molecule has 0 unspecified atom stereocenters. The van der Waals surface area contributed by atoms with Gasteiger partial charge in [-0.05, 0) is 38.0 Å². The third-order valence-electron chi connectivity index (χ3n) is 2.42. The topological polar surface area (TPSA) is 9.23 Å². The van der Waals surface area contributed by atoms with Gasteiger partial charge in [-0.1, -0.05) is 18.2 Å². The first-order chi connectivity index (χ1) is 7.36. The van der Waals surface area contributed by atoms with Gasteiger partial charge >= 0.3 is 0 Å². The average Bonchev–Trinajstić information content (AvgIpc) is 2.31. The van der Waals surface area contributed by atoms with E-state index in [1.165, 1.54) is 4.90 Å². The Morgan fingerprint density at radius 2 is 2.07 bits per heavy atom. The predicted octanol–water partition coefficient (Wildman–Crippen LogP) is 3.86. The third-order valence-corrected chi connectivity index (χ3v) is 3.55. The maximum absolute atomic E-state index is 5.65. The van der Waals surface area contributed by atoms with Crippen LogP contribution in [0.3, 0.4) is 0 Å². The van der Waals surface area contributed by atoms with Gasteiger partial charge in [0.1, 0.15) is 5.76 Å². The van der Waals surface area contributed by atoms with E-state index in [4.69, 9.17) is 4.74 Å². The number of benzene rings is 1. The van der Waals surface area contributed by atoms with Gasteiger partial charge in [-0.2, -0.15) is 0 Å². The van der Waals surface area contributed by atoms with E-state index in [2.05, 4.69) is 37.3 Å². The van der Waals surface area contributed by atoms with Crippen molar-refractivity contribution in [1.82, 2.24) is 0 Å². The molecule has 0 saturated carbocycles. The minimum atomic E-state index is 0.424.